The molecule has 7 nitrogen and oxygen atoms in total. The van der Waals surface area contributed by atoms with E-state index in [-0.39, 0.29) is 0 Å². The number of hydrogen-bond donors (Lipinski definition) is 1. The summed E-state index contributed by atoms with van der Waals surface area (Å²) in [4.78, 5) is 11.7. The molecule has 136 valence electrons. The van der Waals surface area contributed by atoms with Gasteiger partial charge in [0.15, 0.2) is 11.8 Å². The molecule has 0 radical (unpaired) electrons. The van der Waals surface area contributed by atoms with Gasteiger partial charge in [0, 0.05) is 46.2 Å². The number of guanidine groups is 1. The number of halogens is 3. The minimum atomic E-state index is -4.19. The Morgan fingerprint density at radius 2 is 2.00 bits per heavy atom. The topological polar surface area (TPSA) is 69.8 Å². The van der Waals surface area contributed by atoms with Gasteiger partial charge in [0.05, 0.1) is 0 Å². The van der Waals surface area contributed by atoms with Crippen molar-refractivity contribution in [1.29, 1.82) is 0 Å². The van der Waals surface area contributed by atoms with E-state index >= 15 is 0 Å². The summed E-state index contributed by atoms with van der Waals surface area (Å²) in [6.45, 7) is 5.22. The zero-order valence-electron chi connectivity index (χ0n) is 14.1. The quantitative estimate of drug-likeness (QED) is 0.648. The van der Waals surface area contributed by atoms with Crippen LogP contribution in [0.5, 0.6) is 0 Å². The first-order valence-corrected chi connectivity index (χ1v) is 7.87. The van der Waals surface area contributed by atoms with Crippen LogP contribution in [0, 0.1) is 6.92 Å². The molecule has 2 rings (SSSR count). The van der Waals surface area contributed by atoms with Crippen LogP contribution < -0.4 is 5.32 Å². The molecule has 0 spiro atoms. The molecule has 0 bridgehead atoms. The lowest BCUT2D eigenvalue weighted by Gasteiger charge is -2.39. The molecule has 1 aromatic rings. The largest absolute Gasteiger partial charge is 0.403 e. The lowest BCUT2D eigenvalue weighted by Crippen LogP contribution is -2.56. The molecule has 2 heterocycles. The summed E-state index contributed by atoms with van der Waals surface area (Å²) in [5, 5.41) is 6.90. The van der Waals surface area contributed by atoms with Crippen LogP contribution in [0.1, 0.15) is 18.6 Å². The van der Waals surface area contributed by atoms with Crippen molar-refractivity contribution >= 4 is 5.96 Å². The van der Waals surface area contributed by atoms with Crippen molar-refractivity contribution in [2.24, 2.45) is 4.99 Å². The van der Waals surface area contributed by atoms with Gasteiger partial charge in [-0.2, -0.15) is 18.2 Å². The molecule has 0 saturated carbocycles. The Kier molecular flexibility index (Phi) is 6.03. The minimum absolute atomic E-state index is 0.351. The Morgan fingerprint density at radius 3 is 2.50 bits per heavy atom. The molecule has 1 N–H and O–H groups in total. The van der Waals surface area contributed by atoms with E-state index in [0.717, 1.165) is 0 Å². The first-order chi connectivity index (χ1) is 11.3. The van der Waals surface area contributed by atoms with E-state index < -0.39 is 12.2 Å². The molecule has 1 saturated heterocycles. The monoisotopic (exact) mass is 348 g/mol. The second kappa shape index (κ2) is 7.82. The number of nitrogens with one attached hydrogen (secondary N) is 1. The van der Waals surface area contributed by atoms with Gasteiger partial charge in [-0.1, -0.05) is 5.16 Å². The smallest absolute Gasteiger partial charge is 0.356 e. The molecular weight excluding hydrogens is 325 g/mol. The van der Waals surface area contributed by atoms with E-state index in [1.807, 2.05) is 4.90 Å². The van der Waals surface area contributed by atoms with Gasteiger partial charge in [-0.15, -0.1) is 0 Å². The van der Waals surface area contributed by atoms with E-state index in [4.69, 9.17) is 4.52 Å². The molecule has 1 aromatic heterocycles. The Balaban J connectivity index is 1.78. The van der Waals surface area contributed by atoms with Crippen LogP contribution in [-0.2, 0) is 6.42 Å². The third-order valence-corrected chi connectivity index (χ3v) is 4.04. The summed E-state index contributed by atoms with van der Waals surface area (Å²) in [6, 6.07) is -1.42. The molecule has 0 aromatic carbocycles. The summed E-state index contributed by atoms with van der Waals surface area (Å²) in [5.41, 5.74) is 0. The van der Waals surface area contributed by atoms with Gasteiger partial charge in [-0.25, -0.2) is 0 Å². The van der Waals surface area contributed by atoms with Crippen LogP contribution in [0.3, 0.4) is 0 Å². The van der Waals surface area contributed by atoms with Gasteiger partial charge in [0.2, 0.25) is 5.89 Å². The highest BCUT2D eigenvalue weighted by atomic mass is 19.4. The second-order valence-electron chi connectivity index (χ2n) is 5.70. The lowest BCUT2D eigenvalue weighted by molar-refractivity contribution is -0.181. The summed E-state index contributed by atoms with van der Waals surface area (Å²) in [5.74, 6) is 1.80. The van der Waals surface area contributed by atoms with Crippen LogP contribution in [0.25, 0.3) is 0 Å². The van der Waals surface area contributed by atoms with Crippen molar-refractivity contribution in [2.75, 3.05) is 39.8 Å². The fourth-order valence-corrected chi connectivity index (χ4v) is 2.58. The first-order valence-electron chi connectivity index (χ1n) is 7.87. The van der Waals surface area contributed by atoms with Crippen molar-refractivity contribution in [3.8, 4) is 0 Å². The van der Waals surface area contributed by atoms with Crippen LogP contribution >= 0.6 is 0 Å². The zero-order chi connectivity index (χ0) is 17.7. The maximum absolute atomic E-state index is 12.8. The van der Waals surface area contributed by atoms with E-state index in [1.165, 1.54) is 11.8 Å². The van der Waals surface area contributed by atoms with E-state index in [2.05, 4.69) is 20.4 Å². The lowest BCUT2D eigenvalue weighted by atomic mass is 10.2. The Hall–Kier alpha value is -1.84. The summed E-state index contributed by atoms with van der Waals surface area (Å²) in [7, 11) is 1.66. The second-order valence-corrected chi connectivity index (χ2v) is 5.70. The zero-order valence-corrected chi connectivity index (χ0v) is 14.1. The summed E-state index contributed by atoms with van der Waals surface area (Å²) >= 11 is 0. The SMILES string of the molecule is CN=C(NCCc1nc(C)no1)N1CCN(C(C)C(F)(F)F)CC1. The van der Waals surface area contributed by atoms with Crippen LogP contribution in [0.15, 0.2) is 9.52 Å². The van der Waals surface area contributed by atoms with E-state index in [9.17, 15) is 13.2 Å². The molecule has 1 atom stereocenters. The fraction of sp³-hybridized carbons (Fsp3) is 0.786. The number of aromatic nitrogens is 2. The Labute approximate surface area is 138 Å². The van der Waals surface area contributed by atoms with Crippen molar-refractivity contribution in [1.82, 2.24) is 25.3 Å². The number of hydrogen-bond acceptors (Lipinski definition) is 5. The molecule has 1 aliphatic rings. The average Bonchev–Trinajstić information content (AvgIpc) is 2.96. The van der Waals surface area contributed by atoms with Gasteiger partial charge < -0.3 is 14.7 Å². The van der Waals surface area contributed by atoms with Crippen molar-refractivity contribution in [2.45, 2.75) is 32.5 Å². The predicted octanol–water partition coefficient (Wildman–Crippen LogP) is 1.06. The molecule has 1 fully saturated rings. The normalized spacial score (nSPS) is 18.8. The van der Waals surface area contributed by atoms with E-state index in [0.29, 0.717) is 56.8 Å². The first kappa shape index (κ1) is 18.5. The summed E-state index contributed by atoms with van der Waals surface area (Å²) < 4.78 is 43.4. The van der Waals surface area contributed by atoms with Gasteiger partial charge in [0.25, 0.3) is 0 Å². The maximum Gasteiger partial charge on any atom is 0.403 e. The van der Waals surface area contributed by atoms with Gasteiger partial charge in [0.1, 0.15) is 6.04 Å². The Bertz CT molecular complexity index is 551. The Morgan fingerprint density at radius 1 is 1.33 bits per heavy atom. The van der Waals surface area contributed by atoms with Gasteiger partial charge in [-0.3, -0.25) is 9.89 Å². The number of aryl methyl sites for hydroxylation is 1. The third kappa shape index (κ3) is 4.83. The maximum atomic E-state index is 12.8. The highest BCUT2D eigenvalue weighted by molar-refractivity contribution is 5.80. The molecule has 0 amide bonds. The van der Waals surface area contributed by atoms with Gasteiger partial charge >= 0.3 is 6.18 Å². The molecule has 24 heavy (non-hydrogen) atoms. The number of nitrogens with zero attached hydrogens (tertiary/aromatic N) is 5. The predicted molar refractivity (Wildman–Crippen MR) is 82.8 cm³/mol. The number of rotatable bonds is 4. The van der Waals surface area contributed by atoms with Crippen molar-refractivity contribution in [3.05, 3.63) is 11.7 Å². The average molecular weight is 348 g/mol. The molecule has 1 aliphatic heterocycles. The standard InChI is InChI=1S/C14H23F3N6O/c1-10(14(15,16)17)22-6-8-23(9-7-22)13(18-3)19-5-4-12-20-11(2)21-24-12/h10H,4-9H2,1-3H3,(H,18,19). The number of alkyl halides is 3. The van der Waals surface area contributed by atoms with Crippen LogP contribution in [0.4, 0.5) is 13.2 Å². The van der Waals surface area contributed by atoms with Crippen molar-refractivity contribution in [3.63, 3.8) is 0 Å². The van der Waals surface area contributed by atoms with Crippen LogP contribution in [0.2, 0.25) is 0 Å². The highest BCUT2D eigenvalue weighted by Gasteiger charge is 2.41. The van der Waals surface area contributed by atoms with E-state index in [1.54, 1.807) is 14.0 Å². The molecule has 1 unspecified atom stereocenters. The fourth-order valence-electron chi connectivity index (χ4n) is 2.58. The molecule has 10 heteroatoms. The third-order valence-electron chi connectivity index (χ3n) is 4.04. The van der Waals surface area contributed by atoms with Crippen LogP contribution in [-0.4, -0.2) is 77.9 Å². The van der Waals surface area contributed by atoms with Crippen molar-refractivity contribution < 1.29 is 17.7 Å². The number of aliphatic imine (C=N–C) groups is 1. The van der Waals surface area contributed by atoms with Gasteiger partial charge in [-0.05, 0) is 13.8 Å². The molecule has 0 aliphatic carbocycles. The number of piperazine rings is 1. The molecular formula is C14H23F3N6O. The minimum Gasteiger partial charge on any atom is -0.356 e. The summed E-state index contributed by atoms with van der Waals surface area (Å²) in [6.07, 6.45) is -3.63. The highest BCUT2D eigenvalue weighted by Crippen LogP contribution is 2.25.